The number of carboxylic acids is 1. The number of hydrogen-bond donors (Lipinski definition) is 5. The predicted octanol–water partition coefficient (Wildman–Crippen LogP) is 1.54. The van der Waals surface area contributed by atoms with Crippen LogP contribution < -0.4 is 21.1 Å². The third kappa shape index (κ3) is 3.93. The Morgan fingerprint density at radius 2 is 1.96 bits per heavy atom. The Hall–Kier alpha value is -3.82. The van der Waals surface area contributed by atoms with Gasteiger partial charge in [0.2, 0.25) is 11.8 Å². The van der Waals surface area contributed by atoms with Crippen LogP contribution in [0.25, 0.3) is 11.0 Å². The summed E-state index contributed by atoms with van der Waals surface area (Å²) >= 11 is 0. The summed E-state index contributed by atoms with van der Waals surface area (Å²) in [5.74, 6) is -0.252. The second kappa shape index (κ2) is 6.74. The van der Waals surface area contributed by atoms with Crippen molar-refractivity contribution >= 4 is 34.7 Å². The van der Waals surface area contributed by atoms with Crippen molar-refractivity contribution in [2.75, 3.05) is 17.6 Å². The summed E-state index contributed by atoms with van der Waals surface area (Å²) in [5, 5.41) is 13.9. The molecule has 0 saturated carbocycles. The molecule has 0 radical (unpaired) electrons. The topological polar surface area (TPSA) is 155 Å². The van der Waals surface area contributed by atoms with E-state index in [1.807, 2.05) is 0 Å². The molecule has 0 atom stereocenters. The fourth-order valence-corrected chi connectivity index (χ4v) is 2.06. The zero-order chi connectivity index (χ0) is 17.8. The number of hydrogen-bond acceptors (Lipinski definition) is 6. The lowest BCUT2D eigenvalue weighted by atomic mass is 10.3. The molecule has 3 rings (SSSR count). The van der Waals surface area contributed by atoms with Gasteiger partial charge in [0.25, 0.3) is 0 Å². The Bertz CT molecular complexity index is 921. The molecule has 3 aromatic rings. The number of carboxylic acid groups (broad SMARTS) is 1. The van der Waals surface area contributed by atoms with Gasteiger partial charge >= 0.3 is 12.0 Å². The first-order valence-corrected chi connectivity index (χ1v) is 7.16. The van der Waals surface area contributed by atoms with Gasteiger partial charge in [0.15, 0.2) is 0 Å². The fourth-order valence-electron chi connectivity index (χ4n) is 2.06. The summed E-state index contributed by atoms with van der Waals surface area (Å²) in [4.78, 5) is 32.9. The van der Waals surface area contributed by atoms with Gasteiger partial charge < -0.3 is 31.2 Å². The summed E-state index contributed by atoms with van der Waals surface area (Å²) in [6.07, 6.45) is 1.70. The summed E-state index contributed by atoms with van der Waals surface area (Å²) in [7, 11) is 0. The molecule has 2 aromatic heterocycles. The maximum Gasteiger partial charge on any atom is 0.323 e. The van der Waals surface area contributed by atoms with Crippen molar-refractivity contribution in [3.8, 4) is 11.6 Å². The minimum Gasteiger partial charge on any atom is -0.480 e. The summed E-state index contributed by atoms with van der Waals surface area (Å²) in [5.41, 5.74) is 6.69. The lowest BCUT2D eigenvalue weighted by Gasteiger charge is -2.09. The van der Waals surface area contributed by atoms with E-state index < -0.39 is 18.5 Å². The van der Waals surface area contributed by atoms with E-state index in [9.17, 15) is 9.59 Å². The molecule has 2 amide bonds. The molecule has 10 nitrogen and oxygen atoms in total. The Morgan fingerprint density at radius 3 is 2.68 bits per heavy atom. The summed E-state index contributed by atoms with van der Waals surface area (Å²) in [6.45, 7) is -0.463. The van der Waals surface area contributed by atoms with Gasteiger partial charge in [-0.25, -0.2) is 4.79 Å². The van der Waals surface area contributed by atoms with Crippen LogP contribution in [-0.2, 0) is 4.79 Å². The highest BCUT2D eigenvalue weighted by molar-refractivity contribution is 5.91. The highest BCUT2D eigenvalue weighted by Gasteiger charge is 2.10. The number of benzene rings is 1. The Morgan fingerprint density at radius 1 is 1.20 bits per heavy atom. The van der Waals surface area contributed by atoms with Gasteiger partial charge in [-0.05, 0) is 30.3 Å². The number of urea groups is 1. The van der Waals surface area contributed by atoms with Crippen LogP contribution in [0.15, 0.2) is 36.5 Å². The van der Waals surface area contributed by atoms with Gasteiger partial charge in [-0.1, -0.05) is 0 Å². The molecule has 128 valence electrons. The van der Waals surface area contributed by atoms with E-state index in [0.717, 1.165) is 0 Å². The fraction of sp³-hybridized carbons (Fsp3) is 0.0667. The van der Waals surface area contributed by atoms with Crippen LogP contribution in [-0.4, -0.2) is 38.6 Å². The van der Waals surface area contributed by atoms with E-state index in [1.165, 1.54) is 0 Å². The number of H-pyrrole nitrogens is 1. The number of amides is 2. The van der Waals surface area contributed by atoms with Gasteiger partial charge in [-0.15, -0.1) is 0 Å². The monoisotopic (exact) mass is 342 g/mol. The van der Waals surface area contributed by atoms with Gasteiger partial charge in [-0.2, -0.15) is 9.97 Å². The number of nitrogens with one attached hydrogen (secondary N) is 3. The van der Waals surface area contributed by atoms with Crippen LogP contribution in [0.2, 0.25) is 0 Å². The number of nitrogen functional groups attached to an aromatic ring is 1. The first kappa shape index (κ1) is 16.1. The van der Waals surface area contributed by atoms with Crippen LogP contribution in [0.5, 0.6) is 11.6 Å². The highest BCUT2D eigenvalue weighted by Crippen LogP contribution is 2.28. The number of carbonyl (C=O) groups is 2. The van der Waals surface area contributed by atoms with E-state index in [1.54, 1.807) is 36.5 Å². The number of fused-ring (bicyclic) bond motifs is 1. The average Bonchev–Trinajstić information content (AvgIpc) is 3.03. The molecule has 0 fully saturated rings. The number of aromatic nitrogens is 3. The Labute approximate surface area is 141 Å². The quantitative estimate of drug-likeness (QED) is 0.471. The van der Waals surface area contributed by atoms with E-state index in [2.05, 4.69) is 25.6 Å². The molecule has 0 aliphatic carbocycles. The van der Waals surface area contributed by atoms with E-state index in [4.69, 9.17) is 15.6 Å². The van der Waals surface area contributed by atoms with Crippen LogP contribution in [0, 0.1) is 0 Å². The minimum absolute atomic E-state index is 0.0818. The third-order valence-corrected chi connectivity index (χ3v) is 3.12. The lowest BCUT2D eigenvalue weighted by molar-refractivity contribution is -0.135. The van der Waals surface area contributed by atoms with Crippen molar-refractivity contribution in [3.05, 3.63) is 36.5 Å². The van der Waals surface area contributed by atoms with Crippen LogP contribution in [0.1, 0.15) is 0 Å². The maximum absolute atomic E-state index is 11.5. The molecule has 6 N–H and O–H groups in total. The van der Waals surface area contributed by atoms with Crippen LogP contribution in [0.4, 0.5) is 16.4 Å². The van der Waals surface area contributed by atoms with Crippen LogP contribution in [0.3, 0.4) is 0 Å². The summed E-state index contributed by atoms with van der Waals surface area (Å²) < 4.78 is 5.71. The third-order valence-electron chi connectivity index (χ3n) is 3.12. The zero-order valence-corrected chi connectivity index (χ0v) is 12.8. The standard InChI is InChI=1S/C15H14N6O4/c16-14-20-12-10(5-6-17-12)13(21-14)25-9-3-1-8(2-4-9)19-15(24)18-7-11(22)23/h1-6H,7H2,(H,22,23)(H2,18,19,24)(H3,16,17,20,21). The molecule has 0 saturated heterocycles. The van der Waals surface area contributed by atoms with Gasteiger partial charge in [-0.3, -0.25) is 4.79 Å². The number of ether oxygens (including phenoxy) is 1. The van der Waals surface area contributed by atoms with E-state index >= 15 is 0 Å². The summed E-state index contributed by atoms with van der Waals surface area (Å²) in [6, 6.07) is 7.62. The Kier molecular flexibility index (Phi) is 4.33. The molecule has 25 heavy (non-hydrogen) atoms. The smallest absolute Gasteiger partial charge is 0.323 e. The minimum atomic E-state index is -1.13. The number of aliphatic carboxylic acids is 1. The molecule has 1 aromatic carbocycles. The van der Waals surface area contributed by atoms with Crippen molar-refractivity contribution in [3.63, 3.8) is 0 Å². The van der Waals surface area contributed by atoms with Crippen molar-refractivity contribution in [1.29, 1.82) is 0 Å². The number of nitrogens with two attached hydrogens (primary N) is 1. The van der Waals surface area contributed by atoms with Crippen molar-refractivity contribution in [2.24, 2.45) is 0 Å². The second-order valence-corrected chi connectivity index (χ2v) is 4.95. The van der Waals surface area contributed by atoms with Gasteiger partial charge in [0.1, 0.15) is 17.9 Å². The van der Waals surface area contributed by atoms with E-state index in [0.29, 0.717) is 28.4 Å². The first-order chi connectivity index (χ1) is 12.0. The zero-order valence-electron chi connectivity index (χ0n) is 12.8. The molecular weight excluding hydrogens is 328 g/mol. The molecule has 2 heterocycles. The molecule has 0 aliphatic rings. The Balaban J connectivity index is 1.69. The number of aromatic amines is 1. The van der Waals surface area contributed by atoms with Gasteiger partial charge in [0, 0.05) is 11.9 Å². The number of nitrogens with zero attached hydrogens (tertiary/aromatic N) is 2. The molecular formula is C15H14N6O4. The molecule has 0 spiro atoms. The highest BCUT2D eigenvalue weighted by atomic mass is 16.5. The molecule has 0 aliphatic heterocycles. The predicted molar refractivity (Wildman–Crippen MR) is 89.5 cm³/mol. The largest absolute Gasteiger partial charge is 0.480 e. The van der Waals surface area contributed by atoms with E-state index in [-0.39, 0.29) is 5.95 Å². The van der Waals surface area contributed by atoms with Gasteiger partial charge in [0.05, 0.1) is 5.39 Å². The van der Waals surface area contributed by atoms with Crippen molar-refractivity contribution in [1.82, 2.24) is 20.3 Å². The molecule has 0 bridgehead atoms. The number of anilines is 2. The first-order valence-electron chi connectivity index (χ1n) is 7.16. The number of rotatable bonds is 5. The number of carbonyl (C=O) groups excluding carboxylic acids is 1. The van der Waals surface area contributed by atoms with Crippen molar-refractivity contribution in [2.45, 2.75) is 0 Å². The van der Waals surface area contributed by atoms with Crippen LogP contribution >= 0.6 is 0 Å². The van der Waals surface area contributed by atoms with Crippen molar-refractivity contribution < 1.29 is 19.4 Å². The average molecular weight is 342 g/mol. The normalized spacial score (nSPS) is 10.4. The lowest BCUT2D eigenvalue weighted by Crippen LogP contribution is -2.33. The molecule has 0 unspecified atom stereocenters. The molecule has 10 heteroatoms. The second-order valence-electron chi connectivity index (χ2n) is 4.95. The maximum atomic E-state index is 11.5. The SMILES string of the molecule is Nc1nc(Oc2ccc(NC(=O)NCC(=O)O)cc2)c2cc[nH]c2n1.